The Hall–Kier alpha value is -1.95. The zero-order chi connectivity index (χ0) is 14.0. The van der Waals surface area contributed by atoms with Crippen molar-refractivity contribution in [2.24, 2.45) is 5.10 Å². The summed E-state index contributed by atoms with van der Waals surface area (Å²) in [6.45, 7) is 5.72. The average Bonchev–Trinajstić information content (AvgIpc) is 2.74. The predicted octanol–water partition coefficient (Wildman–Crippen LogP) is 2.71. The number of aromatic hydroxyl groups is 1. The van der Waals surface area contributed by atoms with Crippen molar-refractivity contribution in [1.29, 1.82) is 0 Å². The molecule has 0 atom stereocenters. The van der Waals surface area contributed by atoms with E-state index in [0.717, 1.165) is 28.9 Å². The van der Waals surface area contributed by atoms with Gasteiger partial charge < -0.3 is 5.11 Å². The van der Waals surface area contributed by atoms with E-state index in [1.54, 1.807) is 10.9 Å². The third-order valence-corrected chi connectivity index (χ3v) is 3.13. The number of aryl methyl sites for hydroxylation is 3. The summed E-state index contributed by atoms with van der Waals surface area (Å²) in [7, 11) is 0. The summed E-state index contributed by atoms with van der Waals surface area (Å²) in [4.78, 5) is 0. The van der Waals surface area contributed by atoms with E-state index in [2.05, 4.69) is 15.3 Å². The van der Waals surface area contributed by atoms with Crippen molar-refractivity contribution in [3.05, 3.63) is 39.4 Å². The van der Waals surface area contributed by atoms with Crippen LogP contribution in [-0.4, -0.2) is 26.2 Å². The van der Waals surface area contributed by atoms with Gasteiger partial charge in [-0.1, -0.05) is 6.92 Å². The fraction of sp³-hybridized carbons (Fsp3) is 0.308. The van der Waals surface area contributed by atoms with E-state index in [0.29, 0.717) is 10.5 Å². The molecule has 0 unspecified atom stereocenters. The topological polar surface area (TPSA) is 66.2 Å². The van der Waals surface area contributed by atoms with Crippen LogP contribution in [0.25, 0.3) is 0 Å². The number of phenolic OH excluding ortho intramolecular Hbond substituents is 1. The number of H-pyrrole nitrogens is 1. The minimum absolute atomic E-state index is 0.325. The van der Waals surface area contributed by atoms with Crippen LogP contribution in [0.2, 0.25) is 0 Å². The highest BCUT2D eigenvalue weighted by atomic mass is 32.1. The minimum atomic E-state index is 0.325. The number of benzene rings is 1. The summed E-state index contributed by atoms with van der Waals surface area (Å²) in [6.07, 6.45) is 2.46. The van der Waals surface area contributed by atoms with Crippen LogP contribution in [-0.2, 0) is 6.42 Å². The molecule has 2 aromatic rings. The lowest BCUT2D eigenvalue weighted by molar-refractivity contribution is 0.467. The van der Waals surface area contributed by atoms with Crippen LogP contribution >= 0.6 is 12.2 Å². The van der Waals surface area contributed by atoms with Crippen molar-refractivity contribution in [3.63, 3.8) is 0 Å². The van der Waals surface area contributed by atoms with Crippen LogP contribution in [0, 0.1) is 18.6 Å². The molecule has 19 heavy (non-hydrogen) atoms. The smallest absolute Gasteiger partial charge is 0.216 e. The highest BCUT2D eigenvalue weighted by Gasteiger charge is 2.03. The summed E-state index contributed by atoms with van der Waals surface area (Å²) in [5, 5.41) is 20.9. The van der Waals surface area contributed by atoms with Gasteiger partial charge in [0.05, 0.1) is 6.21 Å². The van der Waals surface area contributed by atoms with Crippen LogP contribution in [0.3, 0.4) is 0 Å². The summed E-state index contributed by atoms with van der Waals surface area (Å²) >= 11 is 5.12. The Morgan fingerprint density at radius 2 is 2.05 bits per heavy atom. The zero-order valence-electron chi connectivity index (χ0n) is 11.1. The molecule has 0 aliphatic carbocycles. The number of aromatic amines is 1. The molecule has 6 heteroatoms. The number of hydrogen-bond donors (Lipinski definition) is 2. The molecule has 0 saturated carbocycles. The lowest BCUT2D eigenvalue weighted by atomic mass is 10.1. The molecule has 0 fully saturated rings. The van der Waals surface area contributed by atoms with Gasteiger partial charge in [-0.3, -0.25) is 5.10 Å². The fourth-order valence-electron chi connectivity index (χ4n) is 1.86. The quantitative estimate of drug-likeness (QED) is 0.669. The van der Waals surface area contributed by atoms with Gasteiger partial charge >= 0.3 is 0 Å². The molecule has 0 aliphatic rings. The second kappa shape index (κ2) is 5.36. The van der Waals surface area contributed by atoms with E-state index in [-0.39, 0.29) is 0 Å². The molecule has 0 bridgehead atoms. The van der Waals surface area contributed by atoms with Crippen molar-refractivity contribution in [2.75, 3.05) is 0 Å². The summed E-state index contributed by atoms with van der Waals surface area (Å²) in [5.41, 5.74) is 2.57. The lowest BCUT2D eigenvalue weighted by Crippen LogP contribution is -1.97. The highest BCUT2D eigenvalue weighted by Crippen LogP contribution is 2.22. The van der Waals surface area contributed by atoms with E-state index in [4.69, 9.17) is 12.2 Å². The Balaban J connectivity index is 2.38. The monoisotopic (exact) mass is 276 g/mol. The molecule has 1 aromatic heterocycles. The average molecular weight is 276 g/mol. The van der Waals surface area contributed by atoms with Gasteiger partial charge in [0.1, 0.15) is 5.75 Å². The molecule has 2 N–H and O–H groups in total. The Morgan fingerprint density at radius 3 is 2.63 bits per heavy atom. The van der Waals surface area contributed by atoms with Gasteiger partial charge in [-0.2, -0.15) is 14.9 Å². The molecular formula is C13H16N4OS. The summed E-state index contributed by atoms with van der Waals surface area (Å²) < 4.78 is 2.08. The summed E-state index contributed by atoms with van der Waals surface area (Å²) in [6, 6.07) is 3.75. The van der Waals surface area contributed by atoms with Gasteiger partial charge in [0.25, 0.3) is 0 Å². The van der Waals surface area contributed by atoms with Crippen molar-refractivity contribution in [3.8, 4) is 5.75 Å². The van der Waals surface area contributed by atoms with Crippen molar-refractivity contribution in [1.82, 2.24) is 14.9 Å². The molecule has 0 saturated heterocycles. The van der Waals surface area contributed by atoms with Crippen LogP contribution in [0.4, 0.5) is 0 Å². The third kappa shape index (κ3) is 2.73. The van der Waals surface area contributed by atoms with Crippen molar-refractivity contribution in [2.45, 2.75) is 27.2 Å². The maximum atomic E-state index is 9.73. The number of nitrogens with one attached hydrogen (secondary N) is 1. The summed E-state index contributed by atoms with van der Waals surface area (Å²) in [5.74, 6) is 1.11. The van der Waals surface area contributed by atoms with Crippen LogP contribution in [0.1, 0.15) is 29.4 Å². The molecular weight excluding hydrogens is 260 g/mol. The lowest BCUT2D eigenvalue weighted by Gasteiger charge is -2.04. The van der Waals surface area contributed by atoms with Crippen LogP contribution < -0.4 is 0 Å². The first-order chi connectivity index (χ1) is 9.02. The normalized spacial score (nSPS) is 11.3. The van der Waals surface area contributed by atoms with Gasteiger partial charge in [0.2, 0.25) is 4.77 Å². The highest BCUT2D eigenvalue weighted by molar-refractivity contribution is 7.71. The first-order valence-corrected chi connectivity index (χ1v) is 6.44. The minimum Gasteiger partial charge on any atom is -0.507 e. The fourth-order valence-corrected chi connectivity index (χ4v) is 2.06. The number of phenols is 1. The Morgan fingerprint density at radius 1 is 1.42 bits per heavy atom. The predicted molar refractivity (Wildman–Crippen MR) is 77.4 cm³/mol. The maximum absolute atomic E-state index is 9.73. The standard InChI is InChI=1S/C13H16N4OS/c1-4-11-15-16-13(19)17(11)14-7-10-5-8(2)12(18)9(3)6-10/h5-7,18H,4H2,1-3H3,(H,16,19)/b14-7+. The van der Waals surface area contributed by atoms with E-state index in [1.807, 2.05) is 32.9 Å². The van der Waals surface area contributed by atoms with Crippen molar-refractivity contribution >= 4 is 18.4 Å². The number of aromatic nitrogens is 3. The first kappa shape index (κ1) is 13.5. The molecule has 100 valence electrons. The zero-order valence-corrected chi connectivity index (χ0v) is 12.0. The largest absolute Gasteiger partial charge is 0.507 e. The molecule has 2 rings (SSSR count). The molecule has 1 heterocycles. The van der Waals surface area contributed by atoms with Gasteiger partial charge in [0, 0.05) is 6.42 Å². The number of hydrogen-bond acceptors (Lipinski definition) is 4. The van der Waals surface area contributed by atoms with E-state index in [1.165, 1.54) is 0 Å². The van der Waals surface area contributed by atoms with Crippen molar-refractivity contribution < 1.29 is 5.11 Å². The van der Waals surface area contributed by atoms with Gasteiger partial charge in [-0.15, -0.1) is 0 Å². The third-order valence-electron chi connectivity index (χ3n) is 2.87. The van der Waals surface area contributed by atoms with Gasteiger partial charge in [0.15, 0.2) is 5.82 Å². The SMILES string of the molecule is CCc1n[nH]c(=S)n1/N=C/c1cc(C)c(O)c(C)c1. The maximum Gasteiger partial charge on any atom is 0.216 e. The first-order valence-electron chi connectivity index (χ1n) is 6.03. The number of nitrogens with zero attached hydrogens (tertiary/aromatic N) is 3. The Kier molecular flexibility index (Phi) is 3.80. The van der Waals surface area contributed by atoms with Crippen LogP contribution in [0.5, 0.6) is 5.75 Å². The van der Waals surface area contributed by atoms with E-state index < -0.39 is 0 Å². The molecule has 5 nitrogen and oxygen atoms in total. The number of rotatable bonds is 3. The van der Waals surface area contributed by atoms with Gasteiger partial charge in [-0.25, -0.2) is 0 Å². The second-order valence-corrected chi connectivity index (χ2v) is 4.74. The Bertz CT molecular complexity index is 661. The Labute approximate surface area is 116 Å². The molecule has 0 radical (unpaired) electrons. The molecule has 0 spiro atoms. The molecule has 0 amide bonds. The molecule has 1 aromatic carbocycles. The van der Waals surface area contributed by atoms with E-state index >= 15 is 0 Å². The van der Waals surface area contributed by atoms with Crippen LogP contribution in [0.15, 0.2) is 17.2 Å². The van der Waals surface area contributed by atoms with Gasteiger partial charge in [-0.05, 0) is 54.9 Å². The molecule has 0 aliphatic heterocycles. The van der Waals surface area contributed by atoms with E-state index in [9.17, 15) is 5.11 Å². The second-order valence-electron chi connectivity index (χ2n) is 4.36.